The van der Waals surface area contributed by atoms with Crippen LogP contribution in [0.4, 0.5) is 0 Å². The minimum atomic E-state index is -0.289. The molecule has 0 radical (unpaired) electrons. The highest BCUT2D eigenvalue weighted by atomic mass is 35.5. The van der Waals surface area contributed by atoms with Crippen LogP contribution in [0.1, 0.15) is 56.6 Å². The van der Waals surface area contributed by atoms with Crippen LogP contribution in [0.5, 0.6) is 5.75 Å². The van der Waals surface area contributed by atoms with Crippen molar-refractivity contribution in [2.45, 2.75) is 68.9 Å². The second-order valence-corrected chi connectivity index (χ2v) is 9.68. The van der Waals surface area contributed by atoms with E-state index in [1.807, 2.05) is 7.11 Å². The van der Waals surface area contributed by atoms with Crippen LogP contribution < -0.4 is 4.74 Å². The fraction of sp³-hybridized carbons (Fsp3) is 0.708. The summed E-state index contributed by atoms with van der Waals surface area (Å²) in [6.45, 7) is 4.52. The van der Waals surface area contributed by atoms with E-state index in [1.165, 1.54) is 36.9 Å². The first-order valence-corrected chi connectivity index (χ1v) is 11.0. The van der Waals surface area contributed by atoms with Crippen molar-refractivity contribution < 1.29 is 14.3 Å². The summed E-state index contributed by atoms with van der Waals surface area (Å²) in [7, 11) is 3.62. The van der Waals surface area contributed by atoms with Crippen molar-refractivity contribution in [2.75, 3.05) is 27.3 Å². The maximum Gasteiger partial charge on any atom is 0.134 e. The van der Waals surface area contributed by atoms with Gasteiger partial charge in [0.15, 0.2) is 0 Å². The normalized spacial score (nSPS) is 36.4. The van der Waals surface area contributed by atoms with Gasteiger partial charge >= 0.3 is 0 Å². The van der Waals surface area contributed by atoms with Crippen molar-refractivity contribution in [3.8, 4) is 5.75 Å². The highest BCUT2D eigenvalue weighted by Crippen LogP contribution is 2.61. The number of Topliss-reactive ketones (excluding diaryl/α,β-unsaturated/α-hetero) is 1. The molecule has 1 aromatic rings. The number of piperidine rings is 1. The lowest BCUT2D eigenvalue weighted by molar-refractivity contribution is -0.211. The lowest BCUT2D eigenvalue weighted by Gasteiger charge is -2.67. The number of likely N-dealkylation sites (tertiary alicyclic amines) is 1. The number of hydrogen-bond donors (Lipinski definition) is 0. The van der Waals surface area contributed by atoms with Crippen LogP contribution >= 0.6 is 12.4 Å². The first-order valence-electron chi connectivity index (χ1n) is 11.0. The van der Waals surface area contributed by atoms with Crippen LogP contribution in [0.3, 0.4) is 0 Å². The maximum absolute atomic E-state index is 12.9. The van der Waals surface area contributed by atoms with Gasteiger partial charge in [0, 0.05) is 38.0 Å². The van der Waals surface area contributed by atoms with Gasteiger partial charge in [0.05, 0.1) is 12.7 Å². The number of hydrogen-bond acceptors (Lipinski definition) is 4. The topological polar surface area (TPSA) is 38.8 Å². The van der Waals surface area contributed by atoms with E-state index >= 15 is 0 Å². The molecule has 1 unspecified atom stereocenters. The Hall–Kier alpha value is -1.10. The van der Waals surface area contributed by atoms with Gasteiger partial charge in [-0.1, -0.05) is 19.4 Å². The third kappa shape index (κ3) is 2.82. The third-order valence-corrected chi connectivity index (χ3v) is 8.58. The lowest BCUT2D eigenvalue weighted by atomic mass is 9.46. The summed E-state index contributed by atoms with van der Waals surface area (Å²) in [5, 5.41) is 0. The van der Waals surface area contributed by atoms with Crippen LogP contribution in [-0.4, -0.2) is 49.6 Å². The van der Waals surface area contributed by atoms with Crippen molar-refractivity contribution in [2.24, 2.45) is 11.8 Å². The molecular formula is C24H34ClNO3. The largest absolute Gasteiger partial charge is 0.497 e. The molecule has 0 amide bonds. The molecule has 0 spiro atoms. The van der Waals surface area contributed by atoms with E-state index in [2.05, 4.69) is 30.0 Å². The van der Waals surface area contributed by atoms with Gasteiger partial charge in [-0.3, -0.25) is 9.69 Å². The van der Waals surface area contributed by atoms with E-state index < -0.39 is 0 Å². The predicted octanol–water partition coefficient (Wildman–Crippen LogP) is 4.17. The number of benzene rings is 1. The number of ether oxygens (including phenoxy) is 2. The zero-order valence-electron chi connectivity index (χ0n) is 17.9. The number of carbonyl (C=O) groups is 1. The molecule has 1 aliphatic heterocycles. The van der Waals surface area contributed by atoms with E-state index in [0.717, 1.165) is 31.1 Å². The maximum atomic E-state index is 12.9. The molecule has 29 heavy (non-hydrogen) atoms. The predicted molar refractivity (Wildman–Crippen MR) is 116 cm³/mol. The van der Waals surface area contributed by atoms with E-state index in [1.54, 1.807) is 7.11 Å². The second kappa shape index (κ2) is 7.55. The number of halogens is 1. The van der Waals surface area contributed by atoms with Crippen molar-refractivity contribution in [3.05, 3.63) is 29.3 Å². The Labute approximate surface area is 180 Å². The average molecular weight is 420 g/mol. The van der Waals surface area contributed by atoms with Crippen molar-refractivity contribution >= 4 is 18.2 Å². The fourth-order valence-electron chi connectivity index (χ4n) is 7.20. The summed E-state index contributed by atoms with van der Waals surface area (Å²) in [5.74, 6) is 2.35. The Morgan fingerprint density at radius 2 is 2.00 bits per heavy atom. The molecule has 4 atom stereocenters. The molecule has 2 bridgehead atoms. The Morgan fingerprint density at radius 3 is 2.66 bits per heavy atom. The number of ketones is 1. The quantitative estimate of drug-likeness (QED) is 0.734. The van der Waals surface area contributed by atoms with Gasteiger partial charge in [-0.05, 0) is 67.3 Å². The van der Waals surface area contributed by atoms with Gasteiger partial charge in [0.25, 0.3) is 0 Å². The summed E-state index contributed by atoms with van der Waals surface area (Å²) < 4.78 is 12.1. The second-order valence-electron chi connectivity index (χ2n) is 9.68. The molecule has 4 nitrogen and oxygen atoms in total. The molecule has 3 aliphatic carbocycles. The van der Waals surface area contributed by atoms with Gasteiger partial charge in [-0.25, -0.2) is 0 Å². The van der Waals surface area contributed by atoms with Gasteiger partial charge in [0.1, 0.15) is 11.5 Å². The first-order chi connectivity index (χ1) is 13.5. The zero-order valence-corrected chi connectivity index (χ0v) is 18.7. The average Bonchev–Trinajstić information content (AvgIpc) is 2.65. The number of rotatable bonds is 4. The van der Waals surface area contributed by atoms with Crippen LogP contribution in [0, 0.1) is 11.8 Å². The minimum Gasteiger partial charge on any atom is -0.497 e. The number of methoxy groups -OCH3 is 2. The first kappa shape index (κ1) is 21.1. The van der Waals surface area contributed by atoms with Crippen molar-refractivity contribution in [1.82, 2.24) is 4.90 Å². The van der Waals surface area contributed by atoms with E-state index in [4.69, 9.17) is 9.47 Å². The highest BCUT2D eigenvalue weighted by molar-refractivity contribution is 5.85. The van der Waals surface area contributed by atoms with Gasteiger partial charge in [-0.15, -0.1) is 12.4 Å². The summed E-state index contributed by atoms with van der Waals surface area (Å²) in [4.78, 5) is 15.6. The zero-order chi connectivity index (χ0) is 19.5. The summed E-state index contributed by atoms with van der Waals surface area (Å²) in [5.41, 5.74) is 2.19. The third-order valence-electron chi connectivity index (χ3n) is 8.58. The molecule has 0 aromatic heterocycles. The Kier molecular flexibility index (Phi) is 5.50. The summed E-state index contributed by atoms with van der Waals surface area (Å²) in [6.07, 6.45) is 7.39. The Bertz CT molecular complexity index is 794. The van der Waals surface area contributed by atoms with E-state index in [-0.39, 0.29) is 29.3 Å². The molecule has 4 aliphatic rings. The molecule has 0 N–H and O–H groups in total. The molecule has 3 fully saturated rings. The van der Waals surface area contributed by atoms with Gasteiger partial charge in [-0.2, -0.15) is 0 Å². The standard InChI is InChI=1S/C24H33NO3.ClH/c1-16-11-19(26)14-23-9-10-25(15-17-5-4-6-17)22(24(16,23)28-3)12-18-7-8-20(27-2)13-21(18)23;/h7-8,13,16-17,22H,4-6,9-12,14-15H2,1-3H3;1H/t16-,22+,23+,24?;/m0./s1. The SMILES string of the molecule is COc1ccc2c(c1)[C@]13CCN(CC4CCC4)[C@H](C2)C1(OC)[C@@H](C)CC(=O)C3.Cl. The van der Waals surface area contributed by atoms with Crippen LogP contribution in [0.2, 0.25) is 0 Å². The van der Waals surface area contributed by atoms with Crippen molar-refractivity contribution in [1.29, 1.82) is 0 Å². The van der Waals surface area contributed by atoms with Crippen LogP contribution in [0.25, 0.3) is 0 Å². The number of fused-ring (bicyclic) bond motifs is 1. The molecular weight excluding hydrogens is 386 g/mol. The Morgan fingerprint density at radius 1 is 1.21 bits per heavy atom. The molecule has 5 rings (SSSR count). The molecule has 160 valence electrons. The molecule has 1 aromatic carbocycles. The monoisotopic (exact) mass is 419 g/mol. The summed E-state index contributed by atoms with van der Waals surface area (Å²) >= 11 is 0. The molecule has 1 saturated heterocycles. The molecule has 1 heterocycles. The van der Waals surface area contributed by atoms with Crippen LogP contribution in [-0.2, 0) is 21.4 Å². The van der Waals surface area contributed by atoms with Gasteiger partial charge in [0.2, 0.25) is 0 Å². The highest BCUT2D eigenvalue weighted by Gasteiger charge is 2.68. The van der Waals surface area contributed by atoms with E-state index in [0.29, 0.717) is 24.7 Å². The van der Waals surface area contributed by atoms with E-state index in [9.17, 15) is 4.79 Å². The van der Waals surface area contributed by atoms with Crippen molar-refractivity contribution in [3.63, 3.8) is 0 Å². The molecule has 5 heteroatoms. The lowest BCUT2D eigenvalue weighted by Crippen LogP contribution is -2.76. The van der Waals surface area contributed by atoms with Gasteiger partial charge < -0.3 is 9.47 Å². The molecule has 2 saturated carbocycles. The minimum absolute atomic E-state index is 0. The number of carbonyl (C=O) groups excluding carboxylic acids is 1. The number of nitrogens with zero attached hydrogens (tertiary/aromatic N) is 1. The smallest absolute Gasteiger partial charge is 0.134 e. The van der Waals surface area contributed by atoms with Crippen LogP contribution in [0.15, 0.2) is 18.2 Å². The fourth-order valence-corrected chi connectivity index (χ4v) is 7.20. The summed E-state index contributed by atoms with van der Waals surface area (Å²) in [6, 6.07) is 6.87. The Balaban J connectivity index is 0.00000205.